The number of phenols is 2. The number of phenolic OH excluding ortho intramolecular Hbond substituents is 2. The minimum atomic E-state index is -2.04. The van der Waals surface area contributed by atoms with E-state index in [2.05, 4.69) is 0 Å². The van der Waals surface area contributed by atoms with Gasteiger partial charge in [0.05, 0.1) is 19.3 Å². The zero-order valence-electron chi connectivity index (χ0n) is 20.9. The van der Waals surface area contributed by atoms with Crippen molar-refractivity contribution >= 4 is 11.0 Å². The summed E-state index contributed by atoms with van der Waals surface area (Å²) < 4.78 is 27.8. The average molecular weight is 564 g/mol. The van der Waals surface area contributed by atoms with Crippen LogP contribution in [0.2, 0.25) is 0 Å². The standard InChI is InChI=1S/C26H28O14/c1-10-17(30)19(32)20(33)24(37-10)38-13-6-14(29)16-15(7-13)39-21(11-2-4-12(28)5-3-11)22(18(16)31)40-25-23(34)26(35,8-27)9-36-25/h2-7,10,17,19-20,23-25,27-30,32-35H,8-9H2,1H3/t10-,17-,19+,20+,23+,24-,25+,26-/m0/s1. The Bertz CT molecular complexity index is 1440. The van der Waals surface area contributed by atoms with Gasteiger partial charge in [0.2, 0.25) is 23.8 Å². The van der Waals surface area contributed by atoms with E-state index in [4.69, 9.17) is 23.4 Å². The Labute approximate surface area is 225 Å². The van der Waals surface area contributed by atoms with E-state index in [0.717, 1.165) is 6.07 Å². The predicted molar refractivity (Wildman–Crippen MR) is 133 cm³/mol. The van der Waals surface area contributed by atoms with E-state index in [1.807, 2.05) is 0 Å². The van der Waals surface area contributed by atoms with Crippen molar-refractivity contribution in [3.63, 3.8) is 0 Å². The van der Waals surface area contributed by atoms with Gasteiger partial charge in [0.25, 0.3) is 0 Å². The third-order valence-corrected chi connectivity index (χ3v) is 6.91. The normalized spacial score (nSPS) is 32.3. The van der Waals surface area contributed by atoms with Gasteiger partial charge in [-0.3, -0.25) is 4.79 Å². The molecule has 0 spiro atoms. The molecule has 8 N–H and O–H groups in total. The molecular weight excluding hydrogens is 536 g/mol. The minimum absolute atomic E-state index is 0.0854. The van der Waals surface area contributed by atoms with Crippen LogP contribution in [0.15, 0.2) is 45.6 Å². The average Bonchev–Trinajstić information content (AvgIpc) is 3.21. The predicted octanol–water partition coefficient (Wildman–Crippen LogP) is -1.10. The number of hydrogen-bond donors (Lipinski definition) is 8. The van der Waals surface area contributed by atoms with Gasteiger partial charge >= 0.3 is 0 Å². The number of aromatic hydroxyl groups is 2. The van der Waals surface area contributed by atoms with Gasteiger partial charge < -0.3 is 64.2 Å². The summed E-state index contributed by atoms with van der Waals surface area (Å²) in [6.07, 6.45) is -10.3. The van der Waals surface area contributed by atoms with Crippen LogP contribution in [0.4, 0.5) is 0 Å². The number of ether oxygens (including phenoxy) is 4. The molecule has 3 heterocycles. The van der Waals surface area contributed by atoms with Crippen molar-refractivity contribution in [1.82, 2.24) is 0 Å². The van der Waals surface area contributed by atoms with Gasteiger partial charge in [-0.1, -0.05) is 0 Å². The Hall–Kier alpha value is -3.47. The number of benzene rings is 2. The number of aliphatic hydroxyl groups is 6. The summed E-state index contributed by atoms with van der Waals surface area (Å²) in [4.78, 5) is 13.6. The van der Waals surface area contributed by atoms with E-state index < -0.39 is 78.8 Å². The van der Waals surface area contributed by atoms with Crippen molar-refractivity contribution in [2.45, 2.75) is 55.6 Å². The maximum atomic E-state index is 13.6. The Morgan fingerprint density at radius 2 is 1.68 bits per heavy atom. The summed E-state index contributed by atoms with van der Waals surface area (Å²) >= 11 is 0. The first-order valence-corrected chi connectivity index (χ1v) is 12.2. The molecule has 0 aliphatic carbocycles. The smallest absolute Gasteiger partial charge is 0.239 e. The van der Waals surface area contributed by atoms with Crippen LogP contribution in [0.3, 0.4) is 0 Å². The molecule has 0 unspecified atom stereocenters. The van der Waals surface area contributed by atoms with Crippen LogP contribution in [0.1, 0.15) is 6.92 Å². The van der Waals surface area contributed by atoms with Gasteiger partial charge in [-0.05, 0) is 31.2 Å². The van der Waals surface area contributed by atoms with Crippen molar-refractivity contribution in [2.24, 2.45) is 0 Å². The third-order valence-electron chi connectivity index (χ3n) is 6.91. The van der Waals surface area contributed by atoms with Gasteiger partial charge in [-0.2, -0.15) is 0 Å². The molecule has 14 nitrogen and oxygen atoms in total. The monoisotopic (exact) mass is 564 g/mol. The van der Waals surface area contributed by atoms with E-state index in [1.165, 1.54) is 37.3 Å². The van der Waals surface area contributed by atoms with Crippen LogP contribution in [0, 0.1) is 0 Å². The Balaban J connectivity index is 1.58. The molecule has 2 saturated heterocycles. The van der Waals surface area contributed by atoms with E-state index in [-0.39, 0.29) is 33.8 Å². The molecule has 0 saturated carbocycles. The highest BCUT2D eigenvalue weighted by atomic mass is 16.7. The summed E-state index contributed by atoms with van der Waals surface area (Å²) in [5.41, 5.74) is -2.90. The molecule has 14 heteroatoms. The van der Waals surface area contributed by atoms with Crippen LogP contribution in [0.25, 0.3) is 22.3 Å². The highest BCUT2D eigenvalue weighted by molar-refractivity contribution is 5.88. The summed E-state index contributed by atoms with van der Waals surface area (Å²) in [6, 6.07) is 7.69. The first-order valence-electron chi connectivity index (χ1n) is 12.2. The molecule has 216 valence electrons. The van der Waals surface area contributed by atoms with Crippen molar-refractivity contribution < 1.29 is 64.2 Å². The van der Waals surface area contributed by atoms with Crippen LogP contribution in [-0.4, -0.2) is 103 Å². The second-order valence-electron chi connectivity index (χ2n) is 9.75. The maximum absolute atomic E-state index is 13.6. The summed E-state index contributed by atoms with van der Waals surface area (Å²) in [5, 5.41) is 80.5. The largest absolute Gasteiger partial charge is 0.508 e. The fraction of sp³-hybridized carbons (Fsp3) is 0.423. The van der Waals surface area contributed by atoms with Crippen molar-refractivity contribution in [3.8, 4) is 34.3 Å². The van der Waals surface area contributed by atoms with Crippen molar-refractivity contribution in [2.75, 3.05) is 13.2 Å². The molecular formula is C26H28O14. The molecule has 0 bridgehead atoms. The first-order chi connectivity index (χ1) is 18.9. The second-order valence-corrected chi connectivity index (χ2v) is 9.75. The van der Waals surface area contributed by atoms with Crippen molar-refractivity contribution in [3.05, 3.63) is 46.6 Å². The molecule has 3 aromatic rings. The molecule has 2 aliphatic rings. The van der Waals surface area contributed by atoms with Crippen LogP contribution in [0.5, 0.6) is 23.0 Å². The SMILES string of the molecule is C[C@@H]1O[C@@H](Oc2cc(O)c3c(=O)c(O[C@H]4OC[C@@](O)(CO)[C@@H]4O)c(-c4ccc(O)cc4)oc3c2)[C@H](O)[C@H](O)[C@H]1O. The fourth-order valence-electron chi connectivity index (χ4n) is 4.49. The van der Waals surface area contributed by atoms with E-state index in [1.54, 1.807) is 0 Å². The number of aliphatic hydroxyl groups excluding tert-OH is 5. The zero-order valence-corrected chi connectivity index (χ0v) is 20.9. The summed E-state index contributed by atoms with van der Waals surface area (Å²) in [5.74, 6) is -1.54. The quantitative estimate of drug-likeness (QED) is 0.178. The lowest BCUT2D eigenvalue weighted by Crippen LogP contribution is -2.58. The highest BCUT2D eigenvalue weighted by Gasteiger charge is 2.50. The van der Waals surface area contributed by atoms with Crippen LogP contribution in [-0.2, 0) is 9.47 Å². The fourth-order valence-corrected chi connectivity index (χ4v) is 4.49. The molecule has 40 heavy (non-hydrogen) atoms. The third kappa shape index (κ3) is 4.84. The van der Waals surface area contributed by atoms with Crippen LogP contribution >= 0.6 is 0 Å². The maximum Gasteiger partial charge on any atom is 0.239 e. The Morgan fingerprint density at radius 3 is 2.33 bits per heavy atom. The molecule has 2 aromatic carbocycles. The zero-order chi connectivity index (χ0) is 28.9. The van der Waals surface area contributed by atoms with Crippen LogP contribution < -0.4 is 14.9 Å². The van der Waals surface area contributed by atoms with Gasteiger partial charge in [-0.25, -0.2) is 0 Å². The number of rotatable bonds is 6. The van der Waals surface area contributed by atoms with E-state index >= 15 is 0 Å². The topological polar surface area (TPSA) is 229 Å². The first kappa shape index (κ1) is 28.1. The van der Waals surface area contributed by atoms with Gasteiger partial charge in [0.15, 0.2) is 5.76 Å². The van der Waals surface area contributed by atoms with Crippen molar-refractivity contribution in [1.29, 1.82) is 0 Å². The molecule has 2 fully saturated rings. The molecule has 8 atom stereocenters. The molecule has 0 amide bonds. The Kier molecular flexibility index (Phi) is 7.37. The Morgan fingerprint density at radius 1 is 0.975 bits per heavy atom. The van der Waals surface area contributed by atoms with Gasteiger partial charge in [-0.15, -0.1) is 0 Å². The van der Waals surface area contributed by atoms with E-state index in [9.17, 15) is 45.6 Å². The summed E-state index contributed by atoms with van der Waals surface area (Å²) in [6.45, 7) is 0.127. The highest BCUT2D eigenvalue weighted by Crippen LogP contribution is 2.38. The molecule has 0 radical (unpaired) electrons. The second kappa shape index (κ2) is 10.5. The molecule has 1 aromatic heterocycles. The lowest BCUT2D eigenvalue weighted by Gasteiger charge is -2.38. The summed E-state index contributed by atoms with van der Waals surface area (Å²) in [7, 11) is 0. The van der Waals surface area contributed by atoms with Gasteiger partial charge in [0.1, 0.15) is 58.2 Å². The van der Waals surface area contributed by atoms with E-state index in [0.29, 0.717) is 0 Å². The lowest BCUT2D eigenvalue weighted by molar-refractivity contribution is -0.268. The lowest BCUT2D eigenvalue weighted by atomic mass is 10.00. The minimum Gasteiger partial charge on any atom is -0.508 e. The molecule has 5 rings (SSSR count). The number of hydrogen-bond acceptors (Lipinski definition) is 14. The molecule has 2 aliphatic heterocycles. The van der Waals surface area contributed by atoms with Gasteiger partial charge in [0, 0.05) is 17.7 Å². The number of fused-ring (bicyclic) bond motifs is 1.